The Labute approximate surface area is 144 Å². The number of piperidine rings is 1. The lowest BCUT2D eigenvalue weighted by molar-refractivity contribution is 0.396. The second-order valence-electron chi connectivity index (χ2n) is 7.11. The van der Waals surface area contributed by atoms with Crippen LogP contribution in [0.1, 0.15) is 40.5 Å². The van der Waals surface area contributed by atoms with Gasteiger partial charge in [0.2, 0.25) is 11.8 Å². The van der Waals surface area contributed by atoms with Gasteiger partial charge < -0.3 is 20.3 Å². The summed E-state index contributed by atoms with van der Waals surface area (Å²) in [6, 6.07) is 1.88. The van der Waals surface area contributed by atoms with Crippen molar-refractivity contribution in [2.75, 3.05) is 30.4 Å². The fourth-order valence-corrected chi connectivity index (χ4v) is 3.00. The first kappa shape index (κ1) is 17.7. The van der Waals surface area contributed by atoms with Crippen molar-refractivity contribution in [3.05, 3.63) is 6.07 Å². The van der Waals surface area contributed by atoms with Crippen molar-refractivity contribution < 1.29 is 4.74 Å². The smallest absolute Gasteiger partial charge is 0.234 e. The van der Waals surface area contributed by atoms with E-state index in [-0.39, 0.29) is 5.54 Å². The molecular weight excluding hydrogens is 310 g/mol. The number of nitrogens with one attached hydrogen (secondary N) is 2. The first-order valence-electron chi connectivity index (χ1n) is 8.04. The number of hydrogen-bond acceptors (Lipinski definition) is 5. The van der Waals surface area contributed by atoms with Gasteiger partial charge in [0.25, 0.3) is 0 Å². The van der Waals surface area contributed by atoms with E-state index in [1.165, 1.54) is 12.8 Å². The van der Waals surface area contributed by atoms with Crippen LogP contribution in [-0.4, -0.2) is 40.8 Å². The molecule has 2 N–H and O–H groups in total. The molecule has 0 spiro atoms. The van der Waals surface area contributed by atoms with Gasteiger partial charge in [0, 0.05) is 24.7 Å². The van der Waals surface area contributed by atoms with Gasteiger partial charge in [0.05, 0.1) is 7.11 Å². The van der Waals surface area contributed by atoms with Crippen molar-refractivity contribution >= 4 is 29.1 Å². The highest BCUT2D eigenvalue weighted by Gasteiger charge is 2.20. The van der Waals surface area contributed by atoms with Crippen LogP contribution in [0.4, 0.5) is 11.8 Å². The molecule has 1 aliphatic heterocycles. The fourth-order valence-electron chi connectivity index (χ4n) is 2.61. The van der Waals surface area contributed by atoms with Crippen molar-refractivity contribution in [1.29, 1.82) is 0 Å². The van der Waals surface area contributed by atoms with Gasteiger partial charge in [-0.05, 0) is 51.7 Å². The fraction of sp³-hybridized carbons (Fsp3) is 0.688. The molecule has 2 heterocycles. The van der Waals surface area contributed by atoms with Gasteiger partial charge in [-0.2, -0.15) is 9.97 Å². The van der Waals surface area contributed by atoms with Gasteiger partial charge in [0.15, 0.2) is 5.11 Å². The Morgan fingerprint density at radius 2 is 2.13 bits per heavy atom. The van der Waals surface area contributed by atoms with E-state index in [0.717, 1.165) is 18.9 Å². The highest BCUT2D eigenvalue weighted by Crippen LogP contribution is 2.25. The quantitative estimate of drug-likeness (QED) is 0.822. The Morgan fingerprint density at radius 1 is 1.39 bits per heavy atom. The summed E-state index contributed by atoms with van der Waals surface area (Å²) in [5, 5.41) is 6.76. The molecule has 1 fully saturated rings. The van der Waals surface area contributed by atoms with Crippen LogP contribution >= 0.6 is 12.2 Å². The SMILES string of the molecule is COc1cc(N2CCCC(C)C2)nc(NC(=S)NC(C)(C)C)n1. The van der Waals surface area contributed by atoms with Gasteiger partial charge in [-0.15, -0.1) is 0 Å². The number of anilines is 2. The van der Waals surface area contributed by atoms with Crippen LogP contribution in [0.5, 0.6) is 5.88 Å². The summed E-state index contributed by atoms with van der Waals surface area (Å²) in [7, 11) is 1.61. The predicted molar refractivity (Wildman–Crippen MR) is 98.3 cm³/mol. The molecule has 0 saturated carbocycles. The van der Waals surface area contributed by atoms with Crippen LogP contribution in [0.25, 0.3) is 0 Å². The normalized spacial score (nSPS) is 18.5. The summed E-state index contributed by atoms with van der Waals surface area (Å²) in [6.07, 6.45) is 2.45. The summed E-state index contributed by atoms with van der Waals surface area (Å²) in [4.78, 5) is 11.2. The Morgan fingerprint density at radius 3 is 2.74 bits per heavy atom. The molecule has 1 unspecified atom stereocenters. The van der Waals surface area contributed by atoms with Crippen LogP contribution in [0.3, 0.4) is 0 Å². The van der Waals surface area contributed by atoms with E-state index in [2.05, 4.69) is 32.4 Å². The molecule has 128 valence electrons. The highest BCUT2D eigenvalue weighted by atomic mass is 32.1. The minimum atomic E-state index is -0.117. The molecular formula is C16H27N5OS. The molecule has 1 atom stereocenters. The summed E-state index contributed by atoms with van der Waals surface area (Å²) >= 11 is 5.33. The third-order valence-electron chi connectivity index (χ3n) is 3.59. The summed E-state index contributed by atoms with van der Waals surface area (Å²) in [5.41, 5.74) is -0.117. The second-order valence-corrected chi connectivity index (χ2v) is 7.52. The third-order valence-corrected chi connectivity index (χ3v) is 3.80. The monoisotopic (exact) mass is 337 g/mol. The molecule has 0 radical (unpaired) electrons. The van der Waals surface area contributed by atoms with E-state index in [0.29, 0.717) is 22.9 Å². The minimum absolute atomic E-state index is 0.117. The van der Waals surface area contributed by atoms with E-state index >= 15 is 0 Å². The Bertz CT molecular complexity index is 558. The van der Waals surface area contributed by atoms with E-state index in [9.17, 15) is 0 Å². The number of thiocarbonyl (C=S) groups is 1. The molecule has 7 heteroatoms. The van der Waals surface area contributed by atoms with Crippen LogP contribution in [0.2, 0.25) is 0 Å². The van der Waals surface area contributed by atoms with Crippen LogP contribution in [0.15, 0.2) is 6.07 Å². The Balaban J connectivity index is 2.16. The number of hydrogen-bond donors (Lipinski definition) is 2. The number of methoxy groups -OCH3 is 1. The van der Waals surface area contributed by atoms with E-state index in [1.54, 1.807) is 7.11 Å². The Hall–Kier alpha value is -1.63. The summed E-state index contributed by atoms with van der Waals surface area (Å²) < 4.78 is 5.31. The third kappa shape index (κ3) is 5.49. The number of nitrogens with zero attached hydrogens (tertiary/aromatic N) is 3. The highest BCUT2D eigenvalue weighted by molar-refractivity contribution is 7.80. The van der Waals surface area contributed by atoms with Gasteiger partial charge in [0.1, 0.15) is 5.82 Å². The minimum Gasteiger partial charge on any atom is -0.481 e. The van der Waals surface area contributed by atoms with Crippen molar-refractivity contribution in [3.8, 4) is 5.88 Å². The lowest BCUT2D eigenvalue weighted by atomic mass is 10.0. The molecule has 1 aromatic rings. The molecule has 1 saturated heterocycles. The lowest BCUT2D eigenvalue weighted by Crippen LogP contribution is -2.43. The molecule has 6 nitrogen and oxygen atoms in total. The van der Waals surface area contributed by atoms with Crippen molar-refractivity contribution in [2.45, 2.75) is 46.1 Å². The lowest BCUT2D eigenvalue weighted by Gasteiger charge is -2.32. The Kier molecular flexibility index (Phi) is 5.62. The van der Waals surface area contributed by atoms with E-state index < -0.39 is 0 Å². The van der Waals surface area contributed by atoms with Crippen LogP contribution < -0.4 is 20.3 Å². The first-order chi connectivity index (χ1) is 10.8. The van der Waals surface area contributed by atoms with Crippen LogP contribution in [-0.2, 0) is 0 Å². The average Bonchev–Trinajstić information content (AvgIpc) is 2.44. The molecule has 0 amide bonds. The zero-order valence-electron chi connectivity index (χ0n) is 14.6. The van der Waals surface area contributed by atoms with Crippen LogP contribution in [0, 0.1) is 5.92 Å². The van der Waals surface area contributed by atoms with E-state index in [4.69, 9.17) is 17.0 Å². The van der Waals surface area contributed by atoms with E-state index in [1.807, 2.05) is 26.8 Å². The zero-order chi connectivity index (χ0) is 17.0. The second kappa shape index (κ2) is 7.29. The molecule has 1 aliphatic rings. The summed E-state index contributed by atoms with van der Waals surface area (Å²) in [6.45, 7) is 10.4. The zero-order valence-corrected chi connectivity index (χ0v) is 15.5. The molecule has 0 aromatic carbocycles. The van der Waals surface area contributed by atoms with Crippen molar-refractivity contribution in [1.82, 2.24) is 15.3 Å². The van der Waals surface area contributed by atoms with Crippen molar-refractivity contribution in [2.24, 2.45) is 5.92 Å². The first-order valence-corrected chi connectivity index (χ1v) is 8.45. The molecule has 0 aliphatic carbocycles. The molecule has 23 heavy (non-hydrogen) atoms. The summed E-state index contributed by atoms with van der Waals surface area (Å²) in [5.74, 6) is 2.54. The van der Waals surface area contributed by atoms with Crippen molar-refractivity contribution in [3.63, 3.8) is 0 Å². The maximum Gasteiger partial charge on any atom is 0.234 e. The molecule has 0 bridgehead atoms. The number of rotatable bonds is 3. The molecule has 1 aromatic heterocycles. The topological polar surface area (TPSA) is 62.3 Å². The van der Waals surface area contributed by atoms with Gasteiger partial charge in [-0.3, -0.25) is 0 Å². The van der Waals surface area contributed by atoms with Gasteiger partial charge >= 0.3 is 0 Å². The number of aromatic nitrogens is 2. The largest absolute Gasteiger partial charge is 0.481 e. The molecule has 2 rings (SSSR count). The standard InChI is InChI=1S/C16H27N5OS/c1-11-7-6-8-21(10-11)12-9-13(22-5)18-14(17-12)19-15(23)20-16(2,3)4/h9,11H,6-8,10H2,1-5H3,(H2,17,18,19,20,23). The number of ether oxygens (including phenoxy) is 1. The maximum absolute atomic E-state index is 5.33. The predicted octanol–water partition coefficient (Wildman–Crippen LogP) is 2.81. The maximum atomic E-state index is 5.33. The average molecular weight is 337 g/mol. The van der Waals surface area contributed by atoms with Gasteiger partial charge in [-0.25, -0.2) is 0 Å². The van der Waals surface area contributed by atoms with Gasteiger partial charge in [-0.1, -0.05) is 6.92 Å².